The number of carbonyl (C=O) groups excluding carboxylic acids is 1. The molecule has 0 unspecified atom stereocenters. The maximum Gasteiger partial charge on any atom is 0.422 e. The Balaban J connectivity index is 1.80. The monoisotopic (exact) mass is 488 g/mol. The van der Waals surface area contributed by atoms with Gasteiger partial charge >= 0.3 is 6.18 Å². The van der Waals surface area contributed by atoms with Crippen molar-refractivity contribution in [3.8, 4) is 11.5 Å². The Bertz CT molecular complexity index is 1090. The number of amides is 1. The van der Waals surface area contributed by atoms with Crippen molar-refractivity contribution in [2.24, 2.45) is 0 Å². The first-order valence-corrected chi connectivity index (χ1v) is 11.4. The molecule has 0 aromatic heterocycles. The molecule has 33 heavy (non-hydrogen) atoms. The van der Waals surface area contributed by atoms with Crippen LogP contribution >= 0.6 is 0 Å². The average molecular weight is 488 g/mol. The van der Waals surface area contributed by atoms with Crippen molar-refractivity contribution in [2.75, 3.05) is 44.8 Å². The summed E-state index contributed by atoms with van der Waals surface area (Å²) in [6.07, 6.45) is -4.62. The lowest BCUT2D eigenvalue weighted by molar-refractivity contribution is -0.153. The van der Waals surface area contributed by atoms with Gasteiger partial charge in [0.2, 0.25) is 10.0 Å². The molecule has 2 aromatic carbocycles. The van der Waals surface area contributed by atoms with E-state index in [1.54, 1.807) is 18.2 Å². The lowest BCUT2D eigenvalue weighted by Gasteiger charge is -2.26. The van der Waals surface area contributed by atoms with E-state index in [-0.39, 0.29) is 42.6 Å². The Kier molecular flexibility index (Phi) is 7.82. The fourth-order valence-corrected chi connectivity index (χ4v) is 4.46. The third-order valence-electron chi connectivity index (χ3n) is 4.58. The second-order valence-corrected chi connectivity index (χ2v) is 9.17. The number of nitrogens with zero attached hydrogens (tertiary/aromatic N) is 1. The first-order chi connectivity index (χ1) is 15.5. The van der Waals surface area contributed by atoms with Gasteiger partial charge in [-0.15, -0.1) is 0 Å². The largest absolute Gasteiger partial charge is 0.484 e. The van der Waals surface area contributed by atoms with Crippen LogP contribution in [-0.4, -0.2) is 64.3 Å². The summed E-state index contributed by atoms with van der Waals surface area (Å²) < 4.78 is 80.3. The topological polar surface area (TPSA) is 94.2 Å². The molecule has 12 heteroatoms. The summed E-state index contributed by atoms with van der Waals surface area (Å²) in [7, 11) is -3.95. The number of ether oxygens (including phenoxy) is 3. The Morgan fingerprint density at radius 3 is 2.52 bits per heavy atom. The molecule has 0 aliphatic carbocycles. The highest BCUT2D eigenvalue weighted by atomic mass is 32.2. The van der Waals surface area contributed by atoms with Gasteiger partial charge in [0.25, 0.3) is 5.91 Å². The number of sulfonamides is 1. The number of morpholine rings is 1. The number of alkyl halides is 3. The van der Waals surface area contributed by atoms with Crippen LogP contribution < -0.4 is 14.8 Å². The third-order valence-corrected chi connectivity index (χ3v) is 6.48. The van der Waals surface area contributed by atoms with E-state index in [0.717, 1.165) is 23.8 Å². The molecule has 180 valence electrons. The number of carbonyl (C=O) groups is 1. The van der Waals surface area contributed by atoms with E-state index in [9.17, 15) is 26.4 Å². The minimum Gasteiger partial charge on any atom is -0.484 e. The number of aryl methyl sites for hydroxylation is 1. The molecule has 0 radical (unpaired) electrons. The van der Waals surface area contributed by atoms with Gasteiger partial charge in [-0.05, 0) is 42.8 Å². The van der Waals surface area contributed by atoms with Crippen LogP contribution in [0.25, 0.3) is 0 Å². The molecule has 0 spiro atoms. The molecule has 1 heterocycles. The molecule has 1 aliphatic rings. The second kappa shape index (κ2) is 10.4. The summed E-state index contributed by atoms with van der Waals surface area (Å²) in [6, 6.07) is 10.2. The number of benzene rings is 2. The maximum absolute atomic E-state index is 12.9. The number of hydrogen-bond donors (Lipinski definition) is 1. The molecule has 3 rings (SSSR count). The van der Waals surface area contributed by atoms with Crippen LogP contribution in [0.2, 0.25) is 0 Å². The summed E-state index contributed by atoms with van der Waals surface area (Å²) in [5.41, 5.74) is 0.697. The van der Waals surface area contributed by atoms with E-state index >= 15 is 0 Å². The van der Waals surface area contributed by atoms with Gasteiger partial charge < -0.3 is 19.5 Å². The number of anilines is 1. The van der Waals surface area contributed by atoms with E-state index in [0.29, 0.717) is 5.75 Å². The van der Waals surface area contributed by atoms with Gasteiger partial charge in [0.1, 0.15) is 11.5 Å². The van der Waals surface area contributed by atoms with Gasteiger partial charge in [0, 0.05) is 13.1 Å². The van der Waals surface area contributed by atoms with Gasteiger partial charge in [-0.2, -0.15) is 17.5 Å². The lowest BCUT2D eigenvalue weighted by Crippen LogP contribution is -2.40. The molecule has 8 nitrogen and oxygen atoms in total. The molecule has 0 bridgehead atoms. The van der Waals surface area contributed by atoms with Gasteiger partial charge in [-0.3, -0.25) is 4.79 Å². The fourth-order valence-electron chi connectivity index (χ4n) is 3.03. The van der Waals surface area contributed by atoms with Crippen molar-refractivity contribution in [1.82, 2.24) is 4.31 Å². The van der Waals surface area contributed by atoms with Crippen molar-refractivity contribution >= 4 is 21.6 Å². The quantitative estimate of drug-likeness (QED) is 0.614. The molecule has 1 amide bonds. The van der Waals surface area contributed by atoms with Crippen LogP contribution in [0.15, 0.2) is 47.4 Å². The highest BCUT2D eigenvalue weighted by molar-refractivity contribution is 7.89. The molecule has 1 saturated heterocycles. The minimum atomic E-state index is -4.62. The molecular formula is C21H23F3N2O6S. The zero-order valence-corrected chi connectivity index (χ0v) is 18.5. The summed E-state index contributed by atoms with van der Waals surface area (Å²) in [5.74, 6) is -0.589. The Hall–Kier alpha value is -2.83. The van der Waals surface area contributed by atoms with Crippen molar-refractivity contribution in [3.05, 3.63) is 48.0 Å². The molecule has 0 atom stereocenters. The molecule has 1 N–H and O–H groups in total. The van der Waals surface area contributed by atoms with Crippen LogP contribution in [0.3, 0.4) is 0 Å². The van der Waals surface area contributed by atoms with Gasteiger partial charge in [0.05, 0.1) is 23.8 Å². The number of nitrogens with one attached hydrogen (secondary N) is 1. The van der Waals surface area contributed by atoms with E-state index in [4.69, 9.17) is 14.2 Å². The highest BCUT2D eigenvalue weighted by Crippen LogP contribution is 2.31. The summed E-state index contributed by atoms with van der Waals surface area (Å²) in [5, 5.41) is 2.38. The molecule has 1 fully saturated rings. The number of halogens is 3. The molecule has 2 aromatic rings. The summed E-state index contributed by atoms with van der Waals surface area (Å²) in [4.78, 5) is 12.2. The fraction of sp³-hybridized carbons (Fsp3) is 0.381. The smallest absolute Gasteiger partial charge is 0.422 e. The predicted octanol–water partition coefficient (Wildman–Crippen LogP) is 2.97. The lowest BCUT2D eigenvalue weighted by atomic mass is 10.2. The van der Waals surface area contributed by atoms with Crippen LogP contribution in [0.1, 0.15) is 5.56 Å². The predicted molar refractivity (Wildman–Crippen MR) is 113 cm³/mol. The summed E-state index contributed by atoms with van der Waals surface area (Å²) in [6.45, 7) is 0.532. The van der Waals surface area contributed by atoms with Crippen LogP contribution in [0.5, 0.6) is 11.5 Å². The normalized spacial score (nSPS) is 15.2. The van der Waals surface area contributed by atoms with Crippen molar-refractivity contribution in [2.45, 2.75) is 18.0 Å². The van der Waals surface area contributed by atoms with E-state index in [1.807, 2.05) is 13.0 Å². The number of rotatable bonds is 8. The van der Waals surface area contributed by atoms with Crippen LogP contribution in [-0.2, 0) is 19.6 Å². The Morgan fingerprint density at radius 1 is 1.12 bits per heavy atom. The summed E-state index contributed by atoms with van der Waals surface area (Å²) >= 11 is 0. The standard InChI is InChI=1S/C21H23F3N2O6S/c1-15-3-2-4-16(11-15)31-13-20(27)25-18-12-17(5-6-19(18)32-14-21(22,23)24)33(28,29)26-7-9-30-10-8-26/h2-6,11-12H,7-10,13-14H2,1H3,(H,25,27). The van der Waals surface area contributed by atoms with Crippen molar-refractivity contribution in [3.63, 3.8) is 0 Å². The Morgan fingerprint density at radius 2 is 1.85 bits per heavy atom. The van der Waals surface area contributed by atoms with E-state index in [1.165, 1.54) is 4.31 Å². The average Bonchev–Trinajstić information content (AvgIpc) is 2.77. The maximum atomic E-state index is 12.9. The van der Waals surface area contributed by atoms with Crippen molar-refractivity contribution < 1.29 is 40.6 Å². The van der Waals surface area contributed by atoms with Crippen LogP contribution in [0.4, 0.5) is 18.9 Å². The minimum absolute atomic E-state index is 0.140. The molecular weight excluding hydrogens is 465 g/mol. The number of hydrogen-bond acceptors (Lipinski definition) is 6. The molecule has 0 saturated carbocycles. The SMILES string of the molecule is Cc1cccc(OCC(=O)Nc2cc(S(=O)(=O)N3CCOCC3)ccc2OCC(F)(F)F)c1. The van der Waals surface area contributed by atoms with E-state index < -0.39 is 35.3 Å². The first kappa shape index (κ1) is 24.8. The zero-order valence-electron chi connectivity index (χ0n) is 17.7. The van der Waals surface area contributed by atoms with E-state index in [2.05, 4.69) is 5.32 Å². The highest BCUT2D eigenvalue weighted by Gasteiger charge is 2.30. The van der Waals surface area contributed by atoms with Gasteiger partial charge in [-0.1, -0.05) is 12.1 Å². The molecule has 1 aliphatic heterocycles. The third kappa shape index (κ3) is 7.07. The van der Waals surface area contributed by atoms with Gasteiger partial charge in [0.15, 0.2) is 13.2 Å². The van der Waals surface area contributed by atoms with Gasteiger partial charge in [-0.25, -0.2) is 8.42 Å². The van der Waals surface area contributed by atoms with Crippen molar-refractivity contribution in [1.29, 1.82) is 0 Å². The zero-order chi connectivity index (χ0) is 24.1. The first-order valence-electron chi connectivity index (χ1n) is 9.95. The van der Waals surface area contributed by atoms with Crippen LogP contribution in [0, 0.1) is 6.92 Å². The Labute approximate surface area is 189 Å². The second-order valence-electron chi connectivity index (χ2n) is 7.23.